The van der Waals surface area contributed by atoms with E-state index < -0.39 is 12.1 Å². The number of carbonyl (C=O) groups excluding carboxylic acids is 1. The maximum Gasteiger partial charge on any atom is 0.335 e. The van der Waals surface area contributed by atoms with Gasteiger partial charge in [-0.25, -0.2) is 4.79 Å². The summed E-state index contributed by atoms with van der Waals surface area (Å²) < 4.78 is 10.1. The van der Waals surface area contributed by atoms with Gasteiger partial charge in [-0.05, 0) is 5.56 Å². The van der Waals surface area contributed by atoms with Gasteiger partial charge in [-0.3, -0.25) is 0 Å². The molecule has 0 spiro atoms. The molecule has 1 aliphatic heterocycles. The lowest BCUT2D eigenvalue weighted by Crippen LogP contribution is -2.25. The molecular formula is C12H14O4. The molecule has 4 nitrogen and oxygen atoms in total. The van der Waals surface area contributed by atoms with Crippen molar-refractivity contribution in [3.63, 3.8) is 0 Å². The van der Waals surface area contributed by atoms with Crippen molar-refractivity contribution < 1.29 is 19.4 Å². The molecule has 0 radical (unpaired) electrons. The number of benzene rings is 1. The van der Waals surface area contributed by atoms with Gasteiger partial charge in [0.1, 0.15) is 0 Å². The summed E-state index contributed by atoms with van der Waals surface area (Å²) in [4.78, 5) is 10.9. The Morgan fingerprint density at radius 2 is 2.12 bits per heavy atom. The first kappa shape index (κ1) is 11.1. The van der Waals surface area contributed by atoms with Crippen LogP contribution in [-0.4, -0.2) is 30.4 Å². The SMILES string of the molecule is O=C1OCC(COCc2ccccc2)C1O. The van der Waals surface area contributed by atoms with E-state index in [-0.39, 0.29) is 12.5 Å². The number of aliphatic hydroxyl groups is 1. The maximum atomic E-state index is 10.9. The van der Waals surface area contributed by atoms with Crippen molar-refractivity contribution in [1.29, 1.82) is 0 Å². The van der Waals surface area contributed by atoms with Crippen molar-refractivity contribution in [3.8, 4) is 0 Å². The summed E-state index contributed by atoms with van der Waals surface area (Å²) >= 11 is 0. The highest BCUT2D eigenvalue weighted by Crippen LogP contribution is 2.15. The molecule has 0 saturated carbocycles. The normalized spacial score (nSPS) is 24.4. The number of esters is 1. The molecule has 16 heavy (non-hydrogen) atoms. The van der Waals surface area contributed by atoms with E-state index in [0.717, 1.165) is 5.56 Å². The highest BCUT2D eigenvalue weighted by molar-refractivity contribution is 5.76. The third-order valence-electron chi connectivity index (χ3n) is 2.57. The predicted molar refractivity (Wildman–Crippen MR) is 56.6 cm³/mol. The van der Waals surface area contributed by atoms with Crippen molar-refractivity contribution in [2.45, 2.75) is 12.7 Å². The summed E-state index contributed by atoms with van der Waals surface area (Å²) in [5, 5.41) is 9.40. The van der Waals surface area contributed by atoms with Gasteiger partial charge in [-0.15, -0.1) is 0 Å². The third kappa shape index (κ3) is 2.59. The van der Waals surface area contributed by atoms with Crippen LogP contribution in [-0.2, 0) is 20.9 Å². The highest BCUT2D eigenvalue weighted by atomic mass is 16.6. The summed E-state index contributed by atoms with van der Waals surface area (Å²) in [5.74, 6) is -0.787. The molecule has 2 atom stereocenters. The van der Waals surface area contributed by atoms with Gasteiger partial charge in [0.2, 0.25) is 0 Å². The van der Waals surface area contributed by atoms with Crippen LogP contribution >= 0.6 is 0 Å². The van der Waals surface area contributed by atoms with E-state index in [2.05, 4.69) is 0 Å². The molecule has 1 aliphatic rings. The van der Waals surface area contributed by atoms with Crippen LogP contribution in [0.3, 0.4) is 0 Å². The van der Waals surface area contributed by atoms with Gasteiger partial charge < -0.3 is 14.6 Å². The van der Waals surface area contributed by atoms with E-state index in [4.69, 9.17) is 9.47 Å². The van der Waals surface area contributed by atoms with Crippen LogP contribution in [0, 0.1) is 5.92 Å². The molecule has 0 aromatic heterocycles. The van der Waals surface area contributed by atoms with Crippen LogP contribution in [0.25, 0.3) is 0 Å². The van der Waals surface area contributed by atoms with Crippen LogP contribution < -0.4 is 0 Å². The van der Waals surface area contributed by atoms with Crippen molar-refractivity contribution in [2.75, 3.05) is 13.2 Å². The highest BCUT2D eigenvalue weighted by Gasteiger charge is 2.35. The largest absolute Gasteiger partial charge is 0.463 e. The zero-order valence-electron chi connectivity index (χ0n) is 8.83. The minimum Gasteiger partial charge on any atom is -0.463 e. The molecule has 1 fully saturated rings. The summed E-state index contributed by atoms with van der Waals surface area (Å²) in [6, 6.07) is 9.75. The van der Waals surface area contributed by atoms with Gasteiger partial charge in [0.25, 0.3) is 0 Å². The first-order valence-corrected chi connectivity index (χ1v) is 5.24. The predicted octanol–water partition coefficient (Wildman–Crippen LogP) is 0.737. The van der Waals surface area contributed by atoms with Crippen molar-refractivity contribution in [2.24, 2.45) is 5.92 Å². The fraction of sp³-hybridized carbons (Fsp3) is 0.417. The van der Waals surface area contributed by atoms with Crippen molar-refractivity contribution in [1.82, 2.24) is 0 Å². The maximum absolute atomic E-state index is 10.9. The Balaban J connectivity index is 1.75. The monoisotopic (exact) mass is 222 g/mol. The zero-order valence-corrected chi connectivity index (χ0v) is 8.83. The molecule has 1 N–H and O–H groups in total. The Morgan fingerprint density at radius 1 is 1.38 bits per heavy atom. The molecule has 86 valence electrons. The van der Waals surface area contributed by atoms with Crippen LogP contribution in [0.15, 0.2) is 30.3 Å². The fourth-order valence-corrected chi connectivity index (χ4v) is 1.60. The lowest BCUT2D eigenvalue weighted by molar-refractivity contribution is -0.144. The summed E-state index contributed by atoms with van der Waals surface area (Å²) in [6.07, 6.45) is -1.03. The zero-order chi connectivity index (χ0) is 11.4. The molecule has 0 amide bonds. The summed E-state index contributed by atoms with van der Waals surface area (Å²) in [5.41, 5.74) is 1.07. The number of hydrogen-bond acceptors (Lipinski definition) is 4. The molecular weight excluding hydrogens is 208 g/mol. The number of rotatable bonds is 4. The topological polar surface area (TPSA) is 55.8 Å². The second-order valence-corrected chi connectivity index (χ2v) is 3.84. The number of ether oxygens (including phenoxy) is 2. The minimum atomic E-state index is -1.03. The second-order valence-electron chi connectivity index (χ2n) is 3.84. The number of cyclic esters (lactones) is 1. The summed E-state index contributed by atoms with van der Waals surface area (Å²) in [6.45, 7) is 1.06. The Kier molecular flexibility index (Phi) is 3.54. The van der Waals surface area contributed by atoms with Gasteiger partial charge >= 0.3 is 5.97 Å². The summed E-state index contributed by atoms with van der Waals surface area (Å²) in [7, 11) is 0. The van der Waals surface area contributed by atoms with Gasteiger partial charge in [-0.2, -0.15) is 0 Å². The molecule has 2 unspecified atom stereocenters. The van der Waals surface area contributed by atoms with Crippen molar-refractivity contribution >= 4 is 5.97 Å². The molecule has 0 bridgehead atoms. The molecule has 0 aliphatic carbocycles. The second kappa shape index (κ2) is 5.09. The molecule has 1 aromatic carbocycles. The Morgan fingerprint density at radius 3 is 2.75 bits per heavy atom. The average Bonchev–Trinajstić information content (AvgIpc) is 2.62. The first-order chi connectivity index (χ1) is 7.77. The lowest BCUT2D eigenvalue weighted by atomic mass is 10.1. The molecule has 4 heteroatoms. The quantitative estimate of drug-likeness (QED) is 0.763. The van der Waals surface area contributed by atoms with Gasteiger partial charge in [0.15, 0.2) is 6.10 Å². The standard InChI is InChI=1S/C12H14O4/c13-11-10(8-16-12(11)14)7-15-6-9-4-2-1-3-5-9/h1-5,10-11,13H,6-8H2. The minimum absolute atomic E-state index is 0.240. The van der Waals surface area contributed by atoms with Gasteiger partial charge in [0, 0.05) is 0 Å². The van der Waals surface area contributed by atoms with Crippen LogP contribution in [0.2, 0.25) is 0 Å². The van der Waals surface area contributed by atoms with E-state index in [0.29, 0.717) is 13.2 Å². The fourth-order valence-electron chi connectivity index (χ4n) is 1.60. The molecule has 1 saturated heterocycles. The third-order valence-corrected chi connectivity index (χ3v) is 2.57. The number of carbonyl (C=O) groups is 1. The van der Waals surface area contributed by atoms with Crippen LogP contribution in [0.1, 0.15) is 5.56 Å². The van der Waals surface area contributed by atoms with E-state index >= 15 is 0 Å². The van der Waals surface area contributed by atoms with Gasteiger partial charge in [-0.1, -0.05) is 30.3 Å². The Hall–Kier alpha value is -1.39. The van der Waals surface area contributed by atoms with E-state index in [1.165, 1.54) is 0 Å². The smallest absolute Gasteiger partial charge is 0.335 e. The van der Waals surface area contributed by atoms with E-state index in [1.54, 1.807) is 0 Å². The number of hydrogen-bond donors (Lipinski definition) is 1. The Labute approximate surface area is 93.8 Å². The molecule has 1 aromatic rings. The van der Waals surface area contributed by atoms with Crippen LogP contribution in [0.5, 0.6) is 0 Å². The van der Waals surface area contributed by atoms with Gasteiger partial charge in [0.05, 0.1) is 25.7 Å². The first-order valence-electron chi connectivity index (χ1n) is 5.24. The Bertz CT molecular complexity index is 349. The molecule has 2 rings (SSSR count). The molecule has 1 heterocycles. The lowest BCUT2D eigenvalue weighted by Gasteiger charge is -2.10. The van der Waals surface area contributed by atoms with E-state index in [1.807, 2.05) is 30.3 Å². The van der Waals surface area contributed by atoms with Crippen LogP contribution in [0.4, 0.5) is 0 Å². The average molecular weight is 222 g/mol. The van der Waals surface area contributed by atoms with E-state index in [9.17, 15) is 9.90 Å². The number of aliphatic hydroxyl groups excluding tert-OH is 1. The van der Waals surface area contributed by atoms with Crippen molar-refractivity contribution in [3.05, 3.63) is 35.9 Å².